The highest BCUT2D eigenvalue weighted by atomic mass is 16.5. The molecule has 130 valence electrons. The van der Waals surface area contributed by atoms with Gasteiger partial charge in [0.2, 0.25) is 0 Å². The molecule has 1 amide bonds. The second-order valence-corrected chi connectivity index (χ2v) is 5.93. The quantitative estimate of drug-likeness (QED) is 0.594. The fourth-order valence-electron chi connectivity index (χ4n) is 2.90. The highest BCUT2D eigenvalue weighted by Crippen LogP contribution is 2.31. The third-order valence-electron chi connectivity index (χ3n) is 4.10. The van der Waals surface area contributed by atoms with Crippen molar-refractivity contribution in [2.75, 3.05) is 35.9 Å². The van der Waals surface area contributed by atoms with Gasteiger partial charge in [-0.3, -0.25) is 4.79 Å². The Morgan fingerprint density at radius 1 is 1.16 bits per heavy atom. The van der Waals surface area contributed by atoms with Crippen LogP contribution in [0.4, 0.5) is 17.1 Å². The molecule has 0 saturated carbocycles. The number of hydrogen-bond acceptors (Lipinski definition) is 4. The summed E-state index contributed by atoms with van der Waals surface area (Å²) in [6.07, 6.45) is 2.82. The van der Waals surface area contributed by atoms with E-state index in [1.54, 1.807) is 13.3 Å². The van der Waals surface area contributed by atoms with E-state index < -0.39 is 0 Å². The Kier molecular flexibility index (Phi) is 5.36. The summed E-state index contributed by atoms with van der Waals surface area (Å²) in [5.74, 6) is -0.0838. The standard InChI is InChI=1S/C20H23N3O2/c1-3-12-23(14-25-2)16-10-8-15(9-11-16)21-13-18-17-6-4-5-7-19(17)22-20(18)24/h4-11,13,21H,3,12,14H2,1-2H3,(H,22,24)/b18-13+. The molecule has 5 heteroatoms. The van der Waals surface area contributed by atoms with Crippen LogP contribution in [0.25, 0.3) is 5.57 Å². The molecule has 1 aliphatic rings. The van der Waals surface area contributed by atoms with Crippen molar-refractivity contribution in [3.05, 3.63) is 60.3 Å². The molecule has 0 unspecified atom stereocenters. The number of nitrogens with one attached hydrogen (secondary N) is 2. The largest absolute Gasteiger partial charge is 0.364 e. The van der Waals surface area contributed by atoms with Gasteiger partial charge in [-0.25, -0.2) is 0 Å². The fourth-order valence-corrected chi connectivity index (χ4v) is 2.90. The van der Waals surface area contributed by atoms with Crippen LogP contribution in [0, 0.1) is 0 Å². The smallest absolute Gasteiger partial charge is 0.257 e. The number of nitrogens with zero attached hydrogens (tertiary/aromatic N) is 1. The number of anilines is 3. The van der Waals surface area contributed by atoms with Crippen molar-refractivity contribution in [3.8, 4) is 0 Å². The number of para-hydroxylation sites is 1. The zero-order chi connectivity index (χ0) is 17.6. The van der Waals surface area contributed by atoms with Gasteiger partial charge >= 0.3 is 0 Å². The van der Waals surface area contributed by atoms with Gasteiger partial charge in [-0.1, -0.05) is 25.1 Å². The summed E-state index contributed by atoms with van der Waals surface area (Å²) in [6.45, 7) is 3.67. The van der Waals surface area contributed by atoms with Crippen molar-refractivity contribution in [1.29, 1.82) is 0 Å². The summed E-state index contributed by atoms with van der Waals surface area (Å²) in [7, 11) is 1.70. The second-order valence-electron chi connectivity index (χ2n) is 5.93. The molecule has 5 nitrogen and oxygen atoms in total. The number of methoxy groups -OCH3 is 1. The Morgan fingerprint density at radius 3 is 2.64 bits per heavy atom. The van der Waals surface area contributed by atoms with Crippen LogP contribution in [-0.4, -0.2) is 26.3 Å². The number of amides is 1. The molecule has 2 N–H and O–H groups in total. The van der Waals surface area contributed by atoms with Crippen molar-refractivity contribution in [1.82, 2.24) is 0 Å². The van der Waals surface area contributed by atoms with Crippen LogP contribution < -0.4 is 15.5 Å². The molecule has 0 radical (unpaired) electrons. The number of benzene rings is 2. The number of carbonyl (C=O) groups excluding carboxylic acids is 1. The van der Waals surface area contributed by atoms with E-state index >= 15 is 0 Å². The van der Waals surface area contributed by atoms with E-state index in [4.69, 9.17) is 4.74 Å². The lowest BCUT2D eigenvalue weighted by atomic mass is 10.1. The van der Waals surface area contributed by atoms with E-state index in [0.29, 0.717) is 12.3 Å². The third kappa shape index (κ3) is 3.83. The summed E-state index contributed by atoms with van der Waals surface area (Å²) in [6, 6.07) is 15.8. The van der Waals surface area contributed by atoms with Crippen LogP contribution in [0.5, 0.6) is 0 Å². The molecule has 2 aromatic rings. The van der Waals surface area contributed by atoms with Crippen molar-refractivity contribution < 1.29 is 9.53 Å². The van der Waals surface area contributed by atoms with Gasteiger partial charge in [-0.05, 0) is 36.8 Å². The molecule has 0 spiro atoms. The van der Waals surface area contributed by atoms with Gasteiger partial charge in [-0.15, -0.1) is 0 Å². The van der Waals surface area contributed by atoms with E-state index in [1.807, 2.05) is 36.4 Å². The van der Waals surface area contributed by atoms with E-state index in [1.165, 1.54) is 0 Å². The minimum atomic E-state index is -0.0838. The summed E-state index contributed by atoms with van der Waals surface area (Å²) >= 11 is 0. The Morgan fingerprint density at radius 2 is 1.92 bits per heavy atom. The first-order valence-corrected chi connectivity index (χ1v) is 8.44. The maximum atomic E-state index is 12.1. The van der Waals surface area contributed by atoms with Crippen molar-refractivity contribution >= 4 is 28.5 Å². The van der Waals surface area contributed by atoms with Gasteiger partial charge < -0.3 is 20.3 Å². The molecule has 3 rings (SSSR count). The van der Waals surface area contributed by atoms with E-state index in [2.05, 4.69) is 34.6 Å². The van der Waals surface area contributed by atoms with Gasteiger partial charge in [0, 0.05) is 42.5 Å². The number of hydrogen-bond donors (Lipinski definition) is 2. The maximum Gasteiger partial charge on any atom is 0.257 e. The molecule has 0 aliphatic carbocycles. The van der Waals surface area contributed by atoms with Crippen molar-refractivity contribution in [2.24, 2.45) is 0 Å². The first kappa shape index (κ1) is 17.0. The van der Waals surface area contributed by atoms with Crippen LogP contribution in [0.3, 0.4) is 0 Å². The van der Waals surface area contributed by atoms with Gasteiger partial charge in [0.15, 0.2) is 0 Å². The van der Waals surface area contributed by atoms with Crippen LogP contribution in [0.1, 0.15) is 18.9 Å². The Hall–Kier alpha value is -2.79. The first-order valence-electron chi connectivity index (χ1n) is 8.44. The maximum absolute atomic E-state index is 12.1. The Balaban J connectivity index is 1.73. The number of ether oxygens (including phenoxy) is 1. The summed E-state index contributed by atoms with van der Waals surface area (Å²) in [4.78, 5) is 14.3. The van der Waals surface area contributed by atoms with Gasteiger partial charge in [-0.2, -0.15) is 0 Å². The number of carbonyl (C=O) groups is 1. The molecule has 1 aliphatic heterocycles. The number of fused-ring (bicyclic) bond motifs is 1. The zero-order valence-corrected chi connectivity index (χ0v) is 14.6. The van der Waals surface area contributed by atoms with E-state index in [9.17, 15) is 4.79 Å². The van der Waals surface area contributed by atoms with Gasteiger partial charge in [0.1, 0.15) is 6.73 Å². The molecule has 0 fully saturated rings. The lowest BCUT2D eigenvalue weighted by molar-refractivity contribution is -0.110. The van der Waals surface area contributed by atoms with Crippen LogP contribution in [0.2, 0.25) is 0 Å². The predicted octanol–water partition coefficient (Wildman–Crippen LogP) is 3.91. The zero-order valence-electron chi connectivity index (χ0n) is 14.6. The van der Waals surface area contributed by atoms with Crippen LogP contribution >= 0.6 is 0 Å². The lowest BCUT2D eigenvalue weighted by Gasteiger charge is -2.23. The molecular formula is C20H23N3O2. The van der Waals surface area contributed by atoms with E-state index in [0.717, 1.165) is 35.6 Å². The molecular weight excluding hydrogens is 314 g/mol. The molecule has 2 aromatic carbocycles. The van der Waals surface area contributed by atoms with Gasteiger partial charge in [0.25, 0.3) is 5.91 Å². The lowest BCUT2D eigenvalue weighted by Crippen LogP contribution is -2.26. The molecule has 0 atom stereocenters. The normalized spacial score (nSPS) is 14.3. The van der Waals surface area contributed by atoms with Crippen LogP contribution in [-0.2, 0) is 9.53 Å². The Labute approximate surface area is 148 Å². The third-order valence-corrected chi connectivity index (χ3v) is 4.10. The average Bonchev–Trinajstić information content (AvgIpc) is 2.95. The minimum Gasteiger partial charge on any atom is -0.364 e. The predicted molar refractivity (Wildman–Crippen MR) is 103 cm³/mol. The number of rotatable bonds is 7. The van der Waals surface area contributed by atoms with Crippen LogP contribution in [0.15, 0.2) is 54.7 Å². The highest BCUT2D eigenvalue weighted by Gasteiger charge is 2.23. The molecule has 0 aromatic heterocycles. The molecule has 25 heavy (non-hydrogen) atoms. The molecule has 1 heterocycles. The van der Waals surface area contributed by atoms with Crippen molar-refractivity contribution in [2.45, 2.75) is 13.3 Å². The summed E-state index contributed by atoms with van der Waals surface area (Å²) in [5.41, 5.74) is 4.47. The summed E-state index contributed by atoms with van der Waals surface area (Å²) < 4.78 is 5.26. The molecule has 0 saturated heterocycles. The monoisotopic (exact) mass is 337 g/mol. The van der Waals surface area contributed by atoms with Gasteiger partial charge in [0.05, 0.1) is 5.57 Å². The van der Waals surface area contributed by atoms with Crippen molar-refractivity contribution in [3.63, 3.8) is 0 Å². The molecule has 0 bridgehead atoms. The SMILES string of the molecule is CCCN(COC)c1ccc(N/C=C2/C(=O)Nc3ccccc32)cc1. The average molecular weight is 337 g/mol. The Bertz CT molecular complexity index is 763. The van der Waals surface area contributed by atoms with E-state index in [-0.39, 0.29) is 5.91 Å². The second kappa shape index (κ2) is 7.85. The highest BCUT2D eigenvalue weighted by molar-refractivity contribution is 6.31. The first-order chi connectivity index (χ1) is 12.2. The summed E-state index contributed by atoms with van der Waals surface area (Å²) in [5, 5.41) is 6.08. The topological polar surface area (TPSA) is 53.6 Å². The minimum absolute atomic E-state index is 0.0838. The fraction of sp³-hybridized carbons (Fsp3) is 0.250.